The van der Waals surface area contributed by atoms with Gasteiger partial charge >= 0.3 is 0 Å². The molecule has 31 heavy (non-hydrogen) atoms. The summed E-state index contributed by atoms with van der Waals surface area (Å²) in [6.07, 6.45) is 4.54. The van der Waals surface area contributed by atoms with Crippen LogP contribution in [0.2, 0.25) is 0 Å². The molecule has 0 saturated heterocycles. The van der Waals surface area contributed by atoms with Crippen LogP contribution in [0.3, 0.4) is 0 Å². The van der Waals surface area contributed by atoms with Crippen LogP contribution < -0.4 is 10.6 Å². The van der Waals surface area contributed by atoms with Crippen molar-refractivity contribution in [3.8, 4) is 11.5 Å². The predicted molar refractivity (Wildman–Crippen MR) is 116 cm³/mol. The number of carbonyl (C=O) groups excluding carboxylic acids is 2. The number of hydrogen-bond acceptors (Lipinski definition) is 6. The van der Waals surface area contributed by atoms with Crippen LogP contribution in [-0.2, 0) is 11.3 Å². The second-order valence-electron chi connectivity index (χ2n) is 7.34. The quantitative estimate of drug-likeness (QED) is 0.400. The number of rotatable bonds is 8. The number of nitrogens with one attached hydrogen (secondary N) is 3. The molecular weight excluding hydrogens is 398 g/mol. The number of fused-ring (bicyclic) bond motifs is 1. The van der Waals surface area contributed by atoms with Crippen molar-refractivity contribution in [2.75, 3.05) is 32.5 Å². The Labute approximate surface area is 178 Å². The highest BCUT2D eigenvalue weighted by molar-refractivity contribution is 6.07. The smallest absolute Gasteiger partial charge is 0.259 e. The Balaban J connectivity index is 1.41. The lowest BCUT2D eigenvalue weighted by Gasteiger charge is -2.10. The van der Waals surface area contributed by atoms with Crippen molar-refractivity contribution in [3.63, 3.8) is 0 Å². The normalized spacial score (nSPS) is 11.2. The van der Waals surface area contributed by atoms with Crippen LogP contribution in [0, 0.1) is 0 Å². The Kier molecular flexibility index (Phi) is 5.80. The zero-order valence-corrected chi connectivity index (χ0v) is 17.3. The van der Waals surface area contributed by atoms with E-state index >= 15 is 0 Å². The lowest BCUT2D eigenvalue weighted by atomic mass is 10.2. The fourth-order valence-electron chi connectivity index (χ4n) is 3.09. The molecule has 0 radical (unpaired) electrons. The third-order valence-corrected chi connectivity index (χ3v) is 4.63. The Morgan fingerprint density at radius 3 is 2.87 bits per heavy atom. The van der Waals surface area contributed by atoms with E-state index < -0.39 is 0 Å². The molecular formula is C21H23N7O3. The average molecular weight is 421 g/mol. The summed E-state index contributed by atoms with van der Waals surface area (Å²) in [5, 5.41) is 17.5. The van der Waals surface area contributed by atoms with Gasteiger partial charge in [-0.25, -0.2) is 0 Å². The standard InChI is InChI=1S/C21H23N7O3/c1-27(2)8-7-22-19(29)13-28-12-15(10-24-28)25-21(30)16-11-23-26-20(16)18-9-14-5-3-4-6-17(14)31-18/h3-6,9-12H,7-8,13H2,1-2H3,(H,22,29)(H,23,26)(H,25,30). The van der Waals surface area contributed by atoms with Crippen LogP contribution in [0.15, 0.2) is 53.3 Å². The van der Waals surface area contributed by atoms with E-state index in [2.05, 4.69) is 25.9 Å². The molecule has 3 heterocycles. The number of benzene rings is 1. The van der Waals surface area contributed by atoms with Crippen molar-refractivity contribution >= 4 is 28.5 Å². The van der Waals surface area contributed by atoms with Crippen LogP contribution >= 0.6 is 0 Å². The highest BCUT2D eigenvalue weighted by Gasteiger charge is 2.19. The molecule has 0 aliphatic carbocycles. The van der Waals surface area contributed by atoms with Crippen molar-refractivity contribution in [1.29, 1.82) is 0 Å². The Bertz CT molecular complexity index is 1170. The average Bonchev–Trinajstić information content (AvgIpc) is 3.46. The molecule has 3 N–H and O–H groups in total. The van der Waals surface area contributed by atoms with E-state index in [1.54, 1.807) is 6.20 Å². The SMILES string of the molecule is CN(C)CCNC(=O)Cn1cc(NC(=O)c2cn[nH]c2-c2cc3ccccc3o2)cn1. The van der Waals surface area contributed by atoms with Gasteiger partial charge in [-0.3, -0.25) is 19.4 Å². The molecule has 0 unspecified atom stereocenters. The Morgan fingerprint density at radius 1 is 1.23 bits per heavy atom. The lowest BCUT2D eigenvalue weighted by Crippen LogP contribution is -2.33. The molecule has 0 bridgehead atoms. The summed E-state index contributed by atoms with van der Waals surface area (Å²) in [6.45, 7) is 1.38. The van der Waals surface area contributed by atoms with Gasteiger partial charge < -0.3 is 20.0 Å². The maximum absolute atomic E-state index is 12.8. The van der Waals surface area contributed by atoms with Crippen molar-refractivity contribution in [3.05, 3.63) is 54.5 Å². The van der Waals surface area contributed by atoms with Gasteiger partial charge in [0.2, 0.25) is 5.91 Å². The van der Waals surface area contributed by atoms with Gasteiger partial charge in [-0.05, 0) is 26.2 Å². The summed E-state index contributed by atoms with van der Waals surface area (Å²) < 4.78 is 7.30. The first-order valence-corrected chi connectivity index (χ1v) is 9.77. The van der Waals surface area contributed by atoms with Gasteiger partial charge in [0.1, 0.15) is 17.8 Å². The highest BCUT2D eigenvalue weighted by atomic mass is 16.3. The molecule has 2 amide bonds. The van der Waals surface area contributed by atoms with E-state index in [0.717, 1.165) is 17.5 Å². The van der Waals surface area contributed by atoms with Gasteiger partial charge in [0.25, 0.3) is 5.91 Å². The minimum atomic E-state index is -0.362. The second-order valence-corrected chi connectivity index (χ2v) is 7.34. The Hall–Kier alpha value is -3.92. The largest absolute Gasteiger partial charge is 0.454 e. The van der Waals surface area contributed by atoms with E-state index in [1.807, 2.05) is 49.3 Å². The zero-order valence-electron chi connectivity index (χ0n) is 17.3. The van der Waals surface area contributed by atoms with E-state index in [1.165, 1.54) is 17.1 Å². The van der Waals surface area contributed by atoms with Crippen LogP contribution in [0.25, 0.3) is 22.4 Å². The van der Waals surface area contributed by atoms with Crippen LogP contribution in [-0.4, -0.2) is 63.9 Å². The summed E-state index contributed by atoms with van der Waals surface area (Å²) in [5.41, 5.74) is 2.03. The van der Waals surface area contributed by atoms with Gasteiger partial charge in [0, 0.05) is 24.7 Å². The molecule has 0 atom stereocenters. The first-order valence-electron chi connectivity index (χ1n) is 9.77. The van der Waals surface area contributed by atoms with Gasteiger partial charge in [-0.15, -0.1) is 0 Å². The molecule has 1 aromatic carbocycles. The number of furan rings is 1. The molecule has 10 heteroatoms. The molecule has 10 nitrogen and oxygen atoms in total. The summed E-state index contributed by atoms with van der Waals surface area (Å²) in [4.78, 5) is 26.8. The van der Waals surface area contributed by atoms with Gasteiger partial charge in [0.15, 0.2) is 5.76 Å². The maximum Gasteiger partial charge on any atom is 0.259 e. The third-order valence-electron chi connectivity index (χ3n) is 4.63. The Morgan fingerprint density at radius 2 is 2.06 bits per heavy atom. The molecule has 0 fully saturated rings. The number of aromatic amines is 1. The number of para-hydroxylation sites is 1. The van der Waals surface area contributed by atoms with E-state index in [-0.39, 0.29) is 18.4 Å². The number of aromatic nitrogens is 4. The van der Waals surface area contributed by atoms with Crippen molar-refractivity contribution < 1.29 is 14.0 Å². The van der Waals surface area contributed by atoms with Crippen LogP contribution in [0.4, 0.5) is 5.69 Å². The van der Waals surface area contributed by atoms with E-state index in [4.69, 9.17) is 4.42 Å². The lowest BCUT2D eigenvalue weighted by molar-refractivity contribution is -0.121. The topological polar surface area (TPSA) is 121 Å². The minimum absolute atomic E-state index is 0.0687. The van der Waals surface area contributed by atoms with Gasteiger partial charge in [-0.1, -0.05) is 18.2 Å². The summed E-state index contributed by atoms with van der Waals surface area (Å²) in [7, 11) is 3.88. The van der Waals surface area contributed by atoms with Crippen molar-refractivity contribution in [1.82, 2.24) is 30.2 Å². The molecule has 160 valence electrons. The number of carbonyl (C=O) groups is 2. The first kappa shape index (κ1) is 20.4. The monoisotopic (exact) mass is 421 g/mol. The molecule has 4 aromatic rings. The van der Waals surface area contributed by atoms with Crippen molar-refractivity contribution in [2.45, 2.75) is 6.54 Å². The number of nitrogens with zero attached hydrogens (tertiary/aromatic N) is 4. The van der Waals surface area contributed by atoms with Crippen LogP contribution in [0.1, 0.15) is 10.4 Å². The molecule has 4 rings (SSSR count). The molecule has 0 saturated carbocycles. The number of likely N-dealkylation sites (N-methyl/N-ethyl adjacent to an activating group) is 1. The fourth-order valence-corrected chi connectivity index (χ4v) is 3.09. The molecule has 0 spiro atoms. The molecule has 3 aromatic heterocycles. The van der Waals surface area contributed by atoms with Gasteiger partial charge in [-0.2, -0.15) is 10.2 Å². The van der Waals surface area contributed by atoms with E-state index in [0.29, 0.717) is 29.2 Å². The highest BCUT2D eigenvalue weighted by Crippen LogP contribution is 2.28. The minimum Gasteiger partial charge on any atom is -0.454 e. The third kappa shape index (κ3) is 4.81. The first-order chi connectivity index (χ1) is 15.0. The van der Waals surface area contributed by atoms with E-state index in [9.17, 15) is 9.59 Å². The number of hydrogen-bond donors (Lipinski definition) is 3. The molecule has 0 aliphatic rings. The zero-order chi connectivity index (χ0) is 21.8. The molecule has 0 aliphatic heterocycles. The van der Waals surface area contributed by atoms with Crippen molar-refractivity contribution in [2.24, 2.45) is 0 Å². The van der Waals surface area contributed by atoms with Crippen LogP contribution in [0.5, 0.6) is 0 Å². The number of anilines is 1. The summed E-state index contributed by atoms with van der Waals surface area (Å²) >= 11 is 0. The number of amides is 2. The summed E-state index contributed by atoms with van der Waals surface area (Å²) in [5.74, 6) is 0.0120. The fraction of sp³-hybridized carbons (Fsp3) is 0.238. The predicted octanol–water partition coefficient (Wildman–Crippen LogP) is 1.95. The van der Waals surface area contributed by atoms with Gasteiger partial charge in [0.05, 0.1) is 23.6 Å². The maximum atomic E-state index is 12.8. The summed E-state index contributed by atoms with van der Waals surface area (Å²) in [6, 6.07) is 9.45. The second kappa shape index (κ2) is 8.84. The number of H-pyrrole nitrogens is 1.